The van der Waals surface area contributed by atoms with Crippen molar-refractivity contribution in [2.24, 2.45) is 0 Å². The summed E-state index contributed by atoms with van der Waals surface area (Å²) < 4.78 is 0. The lowest BCUT2D eigenvalue weighted by atomic mass is 9.95. The van der Waals surface area contributed by atoms with Crippen molar-refractivity contribution in [3.63, 3.8) is 0 Å². The molecule has 0 radical (unpaired) electrons. The Labute approximate surface area is 128 Å². The maximum atomic E-state index is 10.8. The number of aliphatic hydroxyl groups excluding tert-OH is 1. The fourth-order valence-corrected chi connectivity index (χ4v) is 4.18. The smallest absolute Gasteiger partial charge is 0.0945 e. The van der Waals surface area contributed by atoms with Gasteiger partial charge in [0.25, 0.3) is 0 Å². The highest BCUT2D eigenvalue weighted by Crippen LogP contribution is 2.31. The first kappa shape index (κ1) is 15.0. The van der Waals surface area contributed by atoms with Crippen molar-refractivity contribution in [1.82, 2.24) is 9.80 Å². The summed E-state index contributed by atoms with van der Waals surface area (Å²) in [5.74, 6) is 0. The summed E-state index contributed by atoms with van der Waals surface area (Å²) in [6.07, 6.45) is 3.27. The van der Waals surface area contributed by atoms with E-state index >= 15 is 0 Å². The van der Waals surface area contributed by atoms with Crippen LogP contribution in [0.5, 0.6) is 0 Å². The molecule has 4 atom stereocenters. The Morgan fingerprint density at radius 3 is 2.71 bits per heavy atom. The minimum atomic E-state index is -0.383. The number of nitrogens with zero attached hydrogens (tertiary/aromatic N) is 2. The van der Waals surface area contributed by atoms with Gasteiger partial charge in [0.15, 0.2) is 0 Å². The molecule has 21 heavy (non-hydrogen) atoms. The SMILES string of the molecule is CCC(C(O)c1ccccc1)N1CC2CCCN2CC1C. The van der Waals surface area contributed by atoms with E-state index in [4.69, 9.17) is 0 Å². The van der Waals surface area contributed by atoms with Gasteiger partial charge in [-0.2, -0.15) is 0 Å². The Morgan fingerprint density at radius 2 is 2.00 bits per heavy atom. The van der Waals surface area contributed by atoms with E-state index in [0.717, 1.165) is 25.1 Å². The molecule has 2 saturated heterocycles. The summed E-state index contributed by atoms with van der Waals surface area (Å²) >= 11 is 0. The lowest BCUT2D eigenvalue weighted by Crippen LogP contribution is -2.59. The van der Waals surface area contributed by atoms with Crippen LogP contribution in [-0.4, -0.2) is 52.7 Å². The first-order valence-corrected chi connectivity index (χ1v) is 8.43. The van der Waals surface area contributed by atoms with E-state index in [2.05, 4.69) is 23.6 Å². The van der Waals surface area contributed by atoms with Gasteiger partial charge in [0.1, 0.15) is 0 Å². The molecule has 1 N–H and O–H groups in total. The molecule has 0 saturated carbocycles. The minimum Gasteiger partial charge on any atom is -0.387 e. The summed E-state index contributed by atoms with van der Waals surface area (Å²) in [6, 6.07) is 11.6. The van der Waals surface area contributed by atoms with Gasteiger partial charge in [-0.15, -0.1) is 0 Å². The standard InChI is InChI=1S/C18H28N2O/c1-3-17(18(21)15-8-5-4-6-9-15)20-13-16-10-7-11-19(16)12-14(20)2/h4-6,8-9,14,16-18,21H,3,7,10-13H2,1-2H3. The van der Waals surface area contributed by atoms with E-state index in [1.165, 1.54) is 19.4 Å². The predicted octanol–water partition coefficient (Wildman–Crippen LogP) is 2.67. The first-order valence-electron chi connectivity index (χ1n) is 8.43. The second kappa shape index (κ2) is 6.47. The molecule has 2 fully saturated rings. The lowest BCUT2D eigenvalue weighted by molar-refractivity contribution is -0.0254. The van der Waals surface area contributed by atoms with Crippen LogP contribution in [0.4, 0.5) is 0 Å². The highest BCUT2D eigenvalue weighted by molar-refractivity contribution is 5.19. The van der Waals surface area contributed by atoms with Crippen LogP contribution in [0, 0.1) is 0 Å². The van der Waals surface area contributed by atoms with E-state index in [0.29, 0.717) is 12.1 Å². The Morgan fingerprint density at radius 1 is 1.24 bits per heavy atom. The van der Waals surface area contributed by atoms with E-state index in [9.17, 15) is 5.11 Å². The quantitative estimate of drug-likeness (QED) is 0.923. The Kier molecular flexibility index (Phi) is 4.63. The van der Waals surface area contributed by atoms with Gasteiger partial charge in [0, 0.05) is 31.2 Å². The number of aliphatic hydroxyl groups is 1. The zero-order valence-electron chi connectivity index (χ0n) is 13.3. The average molecular weight is 288 g/mol. The van der Waals surface area contributed by atoms with Crippen molar-refractivity contribution in [2.75, 3.05) is 19.6 Å². The van der Waals surface area contributed by atoms with Crippen LogP contribution in [0.1, 0.15) is 44.8 Å². The summed E-state index contributed by atoms with van der Waals surface area (Å²) in [4.78, 5) is 5.20. The lowest BCUT2D eigenvalue weighted by Gasteiger charge is -2.47. The molecule has 0 bridgehead atoms. The zero-order valence-corrected chi connectivity index (χ0v) is 13.3. The molecule has 1 aromatic rings. The van der Waals surface area contributed by atoms with Gasteiger partial charge in [0.2, 0.25) is 0 Å². The largest absolute Gasteiger partial charge is 0.387 e. The highest BCUT2D eigenvalue weighted by atomic mass is 16.3. The van der Waals surface area contributed by atoms with Crippen molar-refractivity contribution >= 4 is 0 Å². The molecule has 4 unspecified atom stereocenters. The van der Waals surface area contributed by atoms with Gasteiger partial charge >= 0.3 is 0 Å². The topological polar surface area (TPSA) is 26.7 Å². The minimum absolute atomic E-state index is 0.227. The molecule has 3 heteroatoms. The number of rotatable bonds is 4. The molecule has 0 aliphatic carbocycles. The van der Waals surface area contributed by atoms with Crippen LogP contribution in [0.3, 0.4) is 0 Å². The molecule has 0 spiro atoms. The summed E-state index contributed by atoms with van der Waals surface area (Å²) in [5.41, 5.74) is 1.05. The fourth-order valence-electron chi connectivity index (χ4n) is 4.18. The van der Waals surface area contributed by atoms with E-state index in [1.54, 1.807) is 0 Å². The van der Waals surface area contributed by atoms with Gasteiger partial charge in [-0.1, -0.05) is 37.3 Å². The van der Waals surface area contributed by atoms with E-state index in [-0.39, 0.29) is 12.1 Å². The maximum absolute atomic E-state index is 10.8. The number of piperazine rings is 1. The van der Waals surface area contributed by atoms with Crippen molar-refractivity contribution in [2.45, 2.75) is 57.3 Å². The van der Waals surface area contributed by atoms with Crippen molar-refractivity contribution in [3.8, 4) is 0 Å². The Bertz CT molecular complexity index is 450. The molecule has 2 aliphatic heterocycles. The number of benzene rings is 1. The maximum Gasteiger partial charge on any atom is 0.0945 e. The molecule has 3 rings (SSSR count). The molecule has 2 heterocycles. The molecule has 116 valence electrons. The summed E-state index contributed by atoms with van der Waals surface area (Å²) in [7, 11) is 0. The molecular weight excluding hydrogens is 260 g/mol. The van der Waals surface area contributed by atoms with Gasteiger partial charge in [-0.3, -0.25) is 9.80 Å². The zero-order chi connectivity index (χ0) is 14.8. The van der Waals surface area contributed by atoms with Crippen LogP contribution < -0.4 is 0 Å². The van der Waals surface area contributed by atoms with Gasteiger partial charge in [0.05, 0.1) is 6.10 Å². The molecule has 3 nitrogen and oxygen atoms in total. The van der Waals surface area contributed by atoms with Gasteiger partial charge in [-0.05, 0) is 38.3 Å². The average Bonchev–Trinajstić information content (AvgIpc) is 2.96. The molecule has 0 amide bonds. The first-order chi connectivity index (χ1) is 10.2. The fraction of sp³-hybridized carbons (Fsp3) is 0.667. The predicted molar refractivity (Wildman–Crippen MR) is 86.2 cm³/mol. The van der Waals surface area contributed by atoms with Crippen LogP contribution in [0.2, 0.25) is 0 Å². The Balaban J connectivity index is 1.76. The van der Waals surface area contributed by atoms with Crippen molar-refractivity contribution in [3.05, 3.63) is 35.9 Å². The van der Waals surface area contributed by atoms with Gasteiger partial charge in [-0.25, -0.2) is 0 Å². The monoisotopic (exact) mass is 288 g/mol. The third-order valence-electron chi connectivity index (χ3n) is 5.34. The van der Waals surface area contributed by atoms with Crippen LogP contribution in [0.15, 0.2) is 30.3 Å². The van der Waals surface area contributed by atoms with Crippen LogP contribution >= 0.6 is 0 Å². The second-order valence-electron chi connectivity index (χ2n) is 6.67. The summed E-state index contributed by atoms with van der Waals surface area (Å²) in [5, 5.41) is 10.8. The third-order valence-corrected chi connectivity index (χ3v) is 5.34. The second-order valence-corrected chi connectivity index (χ2v) is 6.67. The van der Waals surface area contributed by atoms with E-state index in [1.807, 2.05) is 30.3 Å². The molecule has 0 aromatic heterocycles. The van der Waals surface area contributed by atoms with Crippen LogP contribution in [-0.2, 0) is 0 Å². The van der Waals surface area contributed by atoms with Crippen molar-refractivity contribution in [1.29, 1.82) is 0 Å². The van der Waals surface area contributed by atoms with Crippen LogP contribution in [0.25, 0.3) is 0 Å². The molecule has 2 aliphatic rings. The molecular formula is C18H28N2O. The number of hydrogen-bond donors (Lipinski definition) is 1. The van der Waals surface area contributed by atoms with Crippen molar-refractivity contribution < 1.29 is 5.11 Å². The van der Waals surface area contributed by atoms with E-state index < -0.39 is 0 Å². The molecule has 1 aromatic carbocycles. The normalized spacial score (nSPS) is 30.0. The number of hydrogen-bond acceptors (Lipinski definition) is 3. The highest BCUT2D eigenvalue weighted by Gasteiger charge is 2.38. The summed E-state index contributed by atoms with van der Waals surface area (Å²) in [6.45, 7) is 8.05. The Hall–Kier alpha value is -0.900. The third kappa shape index (κ3) is 3.01. The number of fused-ring (bicyclic) bond motifs is 1. The van der Waals surface area contributed by atoms with Gasteiger partial charge < -0.3 is 5.11 Å².